The average molecular weight is 350 g/mol. The first-order chi connectivity index (χ1) is 8.75. The number of nitrogen functional groups attached to an aromatic ring is 1. The number of halogens is 1. The molecule has 1 aliphatic rings. The van der Waals surface area contributed by atoms with E-state index < -0.39 is 0 Å². The standard InChI is InChI=1S/C15H15IN2/c16-12-7-8-15(13(17)10-12)18-9-3-5-11-4-1-2-6-14(11)18/h1-2,4,6-8,10H,3,5,9,17H2. The Hall–Kier alpha value is -1.23. The molecule has 0 unspecified atom stereocenters. The number of hydrogen-bond donors (Lipinski definition) is 1. The second-order valence-electron chi connectivity index (χ2n) is 4.59. The summed E-state index contributed by atoms with van der Waals surface area (Å²) in [7, 11) is 0. The quantitative estimate of drug-likeness (QED) is 0.623. The normalized spacial score (nSPS) is 14.4. The Bertz CT molecular complexity index is 580. The van der Waals surface area contributed by atoms with Gasteiger partial charge < -0.3 is 10.6 Å². The fourth-order valence-electron chi connectivity index (χ4n) is 2.56. The van der Waals surface area contributed by atoms with E-state index >= 15 is 0 Å². The van der Waals surface area contributed by atoms with Gasteiger partial charge in [-0.3, -0.25) is 0 Å². The smallest absolute Gasteiger partial charge is 0.0645 e. The maximum Gasteiger partial charge on any atom is 0.0645 e. The predicted molar refractivity (Wildman–Crippen MR) is 85.3 cm³/mol. The van der Waals surface area contributed by atoms with Gasteiger partial charge in [0.05, 0.1) is 11.4 Å². The van der Waals surface area contributed by atoms with Crippen LogP contribution in [0.15, 0.2) is 42.5 Å². The van der Waals surface area contributed by atoms with Crippen molar-refractivity contribution in [1.29, 1.82) is 0 Å². The van der Waals surface area contributed by atoms with Gasteiger partial charge in [0.25, 0.3) is 0 Å². The van der Waals surface area contributed by atoms with E-state index in [1.165, 1.54) is 21.2 Å². The highest BCUT2D eigenvalue weighted by atomic mass is 127. The van der Waals surface area contributed by atoms with Gasteiger partial charge in [-0.05, 0) is 65.3 Å². The van der Waals surface area contributed by atoms with Gasteiger partial charge >= 0.3 is 0 Å². The zero-order valence-electron chi connectivity index (χ0n) is 10.1. The van der Waals surface area contributed by atoms with Crippen LogP contribution in [0.25, 0.3) is 0 Å². The molecule has 0 bridgehead atoms. The van der Waals surface area contributed by atoms with Gasteiger partial charge in [-0.1, -0.05) is 18.2 Å². The predicted octanol–water partition coefficient (Wildman–Crippen LogP) is 3.96. The molecule has 0 amide bonds. The summed E-state index contributed by atoms with van der Waals surface area (Å²) in [6.45, 7) is 1.04. The van der Waals surface area contributed by atoms with Crippen molar-refractivity contribution in [2.75, 3.05) is 17.2 Å². The molecule has 18 heavy (non-hydrogen) atoms. The summed E-state index contributed by atoms with van der Waals surface area (Å²) in [5.74, 6) is 0. The third-order valence-corrected chi connectivity index (χ3v) is 4.06. The monoisotopic (exact) mass is 350 g/mol. The van der Waals surface area contributed by atoms with Crippen LogP contribution in [-0.2, 0) is 6.42 Å². The molecule has 2 nitrogen and oxygen atoms in total. The molecule has 0 saturated carbocycles. The van der Waals surface area contributed by atoms with Crippen LogP contribution in [0.5, 0.6) is 0 Å². The summed E-state index contributed by atoms with van der Waals surface area (Å²) < 4.78 is 1.18. The van der Waals surface area contributed by atoms with Crippen LogP contribution >= 0.6 is 22.6 Å². The molecule has 0 spiro atoms. The lowest BCUT2D eigenvalue weighted by atomic mass is 10.0. The number of nitrogens with two attached hydrogens (primary N) is 1. The first kappa shape index (κ1) is 11.8. The molecular weight excluding hydrogens is 335 g/mol. The Kier molecular flexibility index (Phi) is 3.16. The molecule has 0 aliphatic carbocycles. The topological polar surface area (TPSA) is 29.3 Å². The van der Waals surface area contributed by atoms with E-state index in [0.717, 1.165) is 24.3 Å². The molecule has 2 aromatic rings. The van der Waals surface area contributed by atoms with Crippen molar-refractivity contribution in [2.24, 2.45) is 0 Å². The molecule has 3 rings (SSSR count). The minimum Gasteiger partial charge on any atom is -0.397 e. The van der Waals surface area contributed by atoms with Crippen molar-refractivity contribution in [3.63, 3.8) is 0 Å². The Balaban J connectivity index is 2.08. The molecule has 3 heteroatoms. The molecule has 2 N–H and O–H groups in total. The molecule has 0 radical (unpaired) electrons. The van der Waals surface area contributed by atoms with Crippen LogP contribution in [-0.4, -0.2) is 6.54 Å². The van der Waals surface area contributed by atoms with Gasteiger partial charge in [0.1, 0.15) is 0 Å². The molecule has 2 aromatic carbocycles. The highest BCUT2D eigenvalue weighted by molar-refractivity contribution is 14.1. The Morgan fingerprint density at radius 2 is 1.89 bits per heavy atom. The molecular formula is C15H15IN2. The van der Waals surface area contributed by atoms with Crippen LogP contribution in [0, 0.1) is 3.57 Å². The van der Waals surface area contributed by atoms with Gasteiger partial charge in [-0.15, -0.1) is 0 Å². The third kappa shape index (κ3) is 2.07. The van der Waals surface area contributed by atoms with Gasteiger partial charge in [0, 0.05) is 15.8 Å². The first-order valence-electron chi connectivity index (χ1n) is 6.16. The van der Waals surface area contributed by atoms with E-state index in [-0.39, 0.29) is 0 Å². The molecule has 0 saturated heterocycles. The molecule has 0 fully saturated rings. The van der Waals surface area contributed by atoms with Crippen molar-refractivity contribution in [3.05, 3.63) is 51.6 Å². The lowest BCUT2D eigenvalue weighted by molar-refractivity contribution is 0.767. The van der Waals surface area contributed by atoms with E-state index in [2.05, 4.69) is 63.9 Å². The van der Waals surface area contributed by atoms with Crippen LogP contribution in [0.2, 0.25) is 0 Å². The van der Waals surface area contributed by atoms with E-state index in [9.17, 15) is 0 Å². The van der Waals surface area contributed by atoms with Crippen molar-refractivity contribution >= 4 is 39.7 Å². The first-order valence-corrected chi connectivity index (χ1v) is 7.24. The number of nitrogens with zero attached hydrogens (tertiary/aromatic N) is 1. The summed E-state index contributed by atoms with van der Waals surface area (Å²) in [6, 6.07) is 14.9. The Morgan fingerprint density at radius 3 is 2.72 bits per heavy atom. The van der Waals surface area contributed by atoms with Crippen LogP contribution in [0.4, 0.5) is 17.1 Å². The van der Waals surface area contributed by atoms with Crippen LogP contribution < -0.4 is 10.6 Å². The average Bonchev–Trinajstić information content (AvgIpc) is 2.38. The van der Waals surface area contributed by atoms with Gasteiger partial charge in [-0.25, -0.2) is 0 Å². The van der Waals surface area contributed by atoms with E-state index in [1.54, 1.807) is 0 Å². The molecule has 92 valence electrons. The lowest BCUT2D eigenvalue weighted by Gasteiger charge is -2.32. The number of benzene rings is 2. The van der Waals surface area contributed by atoms with Crippen molar-refractivity contribution in [1.82, 2.24) is 0 Å². The van der Waals surface area contributed by atoms with E-state index in [0.29, 0.717) is 0 Å². The molecule has 1 aliphatic heterocycles. The van der Waals surface area contributed by atoms with Crippen LogP contribution in [0.3, 0.4) is 0 Å². The number of anilines is 3. The van der Waals surface area contributed by atoms with Crippen molar-refractivity contribution < 1.29 is 0 Å². The van der Waals surface area contributed by atoms with Crippen molar-refractivity contribution in [3.8, 4) is 0 Å². The second kappa shape index (κ2) is 4.80. The molecule has 0 atom stereocenters. The fraction of sp³-hybridized carbons (Fsp3) is 0.200. The summed E-state index contributed by atoms with van der Waals surface area (Å²) in [5, 5.41) is 0. The lowest BCUT2D eigenvalue weighted by Crippen LogP contribution is -2.25. The Labute approximate surface area is 121 Å². The minimum absolute atomic E-state index is 0.860. The summed E-state index contributed by atoms with van der Waals surface area (Å²) in [6.07, 6.45) is 2.35. The number of aryl methyl sites for hydroxylation is 1. The van der Waals surface area contributed by atoms with E-state index in [1.807, 2.05) is 6.07 Å². The number of para-hydroxylation sites is 1. The third-order valence-electron chi connectivity index (χ3n) is 3.39. The summed E-state index contributed by atoms with van der Waals surface area (Å²) >= 11 is 2.29. The number of fused-ring (bicyclic) bond motifs is 1. The largest absolute Gasteiger partial charge is 0.397 e. The summed E-state index contributed by atoms with van der Waals surface area (Å²) in [5.41, 5.74) is 10.9. The Morgan fingerprint density at radius 1 is 1.06 bits per heavy atom. The second-order valence-corrected chi connectivity index (χ2v) is 5.83. The van der Waals surface area contributed by atoms with Crippen molar-refractivity contribution in [2.45, 2.75) is 12.8 Å². The van der Waals surface area contributed by atoms with Gasteiger partial charge in [0.15, 0.2) is 0 Å². The summed E-state index contributed by atoms with van der Waals surface area (Å²) in [4.78, 5) is 2.34. The zero-order chi connectivity index (χ0) is 12.5. The highest BCUT2D eigenvalue weighted by Gasteiger charge is 2.19. The maximum atomic E-state index is 6.16. The maximum absolute atomic E-state index is 6.16. The zero-order valence-corrected chi connectivity index (χ0v) is 12.2. The molecule has 1 heterocycles. The SMILES string of the molecule is Nc1cc(I)ccc1N1CCCc2ccccc21. The van der Waals surface area contributed by atoms with Gasteiger partial charge in [0.2, 0.25) is 0 Å². The number of rotatable bonds is 1. The van der Waals surface area contributed by atoms with Gasteiger partial charge in [-0.2, -0.15) is 0 Å². The number of hydrogen-bond acceptors (Lipinski definition) is 2. The molecule has 0 aromatic heterocycles. The fourth-order valence-corrected chi connectivity index (χ4v) is 3.07. The van der Waals surface area contributed by atoms with E-state index in [4.69, 9.17) is 5.73 Å². The highest BCUT2D eigenvalue weighted by Crippen LogP contribution is 2.36. The van der Waals surface area contributed by atoms with Crippen LogP contribution in [0.1, 0.15) is 12.0 Å². The minimum atomic E-state index is 0.860.